The first-order chi connectivity index (χ1) is 10.1. The monoisotopic (exact) mass is 311 g/mol. The zero-order valence-electron chi connectivity index (χ0n) is 10.9. The van der Waals surface area contributed by atoms with E-state index in [1.54, 1.807) is 12.1 Å². The summed E-state index contributed by atoms with van der Waals surface area (Å²) in [6.07, 6.45) is 0. The third-order valence-corrected chi connectivity index (χ3v) is 3.04. The van der Waals surface area contributed by atoms with Gasteiger partial charge in [-0.15, -0.1) is 11.6 Å². The van der Waals surface area contributed by atoms with Gasteiger partial charge in [-0.2, -0.15) is 8.78 Å². The normalized spacial score (nSPS) is 10.5. The number of ether oxygens (including phenoxy) is 1. The summed E-state index contributed by atoms with van der Waals surface area (Å²) < 4.78 is 28.3. The summed E-state index contributed by atoms with van der Waals surface area (Å²) in [6.45, 7) is -2.89. The Kier molecular flexibility index (Phi) is 5.11. The molecule has 0 spiro atoms. The number of hydrogen-bond donors (Lipinski definition) is 1. The number of amides is 1. The Morgan fingerprint density at radius 2 is 1.81 bits per heavy atom. The smallest absolute Gasteiger partial charge is 0.387 e. The SMILES string of the molecule is O=C(Nc1ccccc1CCl)c1ccc(OC(F)F)cc1. The predicted molar refractivity (Wildman–Crippen MR) is 77.0 cm³/mol. The number of nitrogens with one attached hydrogen (secondary N) is 1. The molecular weight excluding hydrogens is 300 g/mol. The molecule has 0 atom stereocenters. The van der Waals surface area contributed by atoms with Crippen LogP contribution in [0.25, 0.3) is 0 Å². The number of alkyl halides is 3. The lowest BCUT2D eigenvalue weighted by Crippen LogP contribution is -2.13. The Balaban J connectivity index is 2.09. The maximum atomic E-state index is 12.1. The molecule has 3 nitrogen and oxygen atoms in total. The Morgan fingerprint density at radius 3 is 2.43 bits per heavy atom. The van der Waals surface area contributed by atoms with Crippen LogP contribution < -0.4 is 10.1 Å². The molecule has 0 aliphatic rings. The molecule has 2 aromatic carbocycles. The summed E-state index contributed by atoms with van der Waals surface area (Å²) >= 11 is 5.79. The number of carbonyl (C=O) groups is 1. The van der Waals surface area contributed by atoms with Crippen LogP contribution >= 0.6 is 11.6 Å². The van der Waals surface area contributed by atoms with Gasteiger partial charge in [-0.25, -0.2) is 0 Å². The summed E-state index contributed by atoms with van der Waals surface area (Å²) in [5, 5.41) is 2.73. The number of anilines is 1. The highest BCUT2D eigenvalue weighted by molar-refractivity contribution is 6.17. The zero-order valence-corrected chi connectivity index (χ0v) is 11.6. The highest BCUT2D eigenvalue weighted by Gasteiger charge is 2.10. The van der Waals surface area contributed by atoms with E-state index in [4.69, 9.17) is 11.6 Å². The van der Waals surface area contributed by atoms with Gasteiger partial charge in [0.05, 0.1) is 0 Å². The Bertz CT molecular complexity index is 617. The highest BCUT2D eigenvalue weighted by Crippen LogP contribution is 2.19. The van der Waals surface area contributed by atoms with Gasteiger partial charge in [-0.3, -0.25) is 4.79 Å². The van der Waals surface area contributed by atoms with Gasteiger partial charge < -0.3 is 10.1 Å². The van der Waals surface area contributed by atoms with Crippen LogP contribution in [0.5, 0.6) is 5.75 Å². The molecule has 0 unspecified atom stereocenters. The molecule has 110 valence electrons. The Labute approximate surface area is 125 Å². The second-order valence-electron chi connectivity index (χ2n) is 4.15. The molecule has 0 saturated carbocycles. The molecular formula is C15H12ClF2NO2. The van der Waals surface area contributed by atoms with Crippen molar-refractivity contribution in [3.63, 3.8) is 0 Å². The number of benzene rings is 2. The molecule has 0 bridgehead atoms. The molecule has 1 amide bonds. The highest BCUT2D eigenvalue weighted by atomic mass is 35.5. The summed E-state index contributed by atoms with van der Waals surface area (Å²) in [5.74, 6) is -0.0729. The first-order valence-electron chi connectivity index (χ1n) is 6.10. The largest absolute Gasteiger partial charge is 0.435 e. The molecule has 0 heterocycles. The van der Waals surface area contributed by atoms with Crippen molar-refractivity contribution in [2.24, 2.45) is 0 Å². The Hall–Kier alpha value is -2.14. The lowest BCUT2D eigenvalue weighted by molar-refractivity contribution is -0.0498. The van der Waals surface area contributed by atoms with E-state index in [0.717, 1.165) is 5.56 Å². The molecule has 6 heteroatoms. The van der Waals surface area contributed by atoms with Crippen molar-refractivity contribution in [2.45, 2.75) is 12.5 Å². The van der Waals surface area contributed by atoms with E-state index < -0.39 is 6.61 Å². The minimum atomic E-state index is -2.89. The van der Waals surface area contributed by atoms with E-state index in [1.165, 1.54) is 24.3 Å². The fraction of sp³-hybridized carbons (Fsp3) is 0.133. The topological polar surface area (TPSA) is 38.3 Å². The molecule has 2 rings (SSSR count). The number of para-hydroxylation sites is 1. The van der Waals surface area contributed by atoms with Crippen LogP contribution in [0.3, 0.4) is 0 Å². The minimum Gasteiger partial charge on any atom is -0.435 e. The van der Waals surface area contributed by atoms with Crippen LogP contribution in [0, 0.1) is 0 Å². The first-order valence-corrected chi connectivity index (χ1v) is 6.63. The van der Waals surface area contributed by atoms with Crippen molar-refractivity contribution in [1.82, 2.24) is 0 Å². The van der Waals surface area contributed by atoms with E-state index in [-0.39, 0.29) is 17.5 Å². The average molecular weight is 312 g/mol. The van der Waals surface area contributed by atoms with Crippen molar-refractivity contribution >= 4 is 23.2 Å². The lowest BCUT2D eigenvalue weighted by atomic mass is 10.1. The molecule has 2 aromatic rings. The molecule has 0 aliphatic carbocycles. The van der Waals surface area contributed by atoms with Crippen molar-refractivity contribution in [2.75, 3.05) is 5.32 Å². The van der Waals surface area contributed by atoms with Crippen molar-refractivity contribution in [3.8, 4) is 5.75 Å². The van der Waals surface area contributed by atoms with Crippen molar-refractivity contribution in [1.29, 1.82) is 0 Å². The van der Waals surface area contributed by atoms with Gasteiger partial charge in [0, 0.05) is 17.1 Å². The third kappa shape index (κ3) is 4.16. The average Bonchev–Trinajstić information content (AvgIpc) is 2.48. The third-order valence-electron chi connectivity index (χ3n) is 2.75. The second kappa shape index (κ2) is 7.04. The predicted octanol–water partition coefficient (Wildman–Crippen LogP) is 4.28. The van der Waals surface area contributed by atoms with Gasteiger partial charge >= 0.3 is 6.61 Å². The molecule has 0 aliphatic heterocycles. The fourth-order valence-electron chi connectivity index (χ4n) is 1.74. The van der Waals surface area contributed by atoms with E-state index in [2.05, 4.69) is 10.1 Å². The standard InChI is InChI=1S/C15H12ClF2NO2/c16-9-11-3-1-2-4-13(11)19-14(20)10-5-7-12(8-6-10)21-15(17)18/h1-8,15H,9H2,(H,19,20). The number of hydrogen-bond acceptors (Lipinski definition) is 2. The van der Waals surface area contributed by atoms with Crippen LogP contribution in [-0.2, 0) is 5.88 Å². The van der Waals surface area contributed by atoms with Crippen LogP contribution in [0.1, 0.15) is 15.9 Å². The summed E-state index contributed by atoms with van der Waals surface area (Å²) in [5.41, 5.74) is 1.75. The summed E-state index contributed by atoms with van der Waals surface area (Å²) in [4.78, 5) is 12.1. The zero-order chi connectivity index (χ0) is 15.2. The Morgan fingerprint density at radius 1 is 1.14 bits per heavy atom. The quantitative estimate of drug-likeness (QED) is 0.837. The molecule has 21 heavy (non-hydrogen) atoms. The van der Waals surface area contributed by atoms with Crippen molar-refractivity contribution in [3.05, 3.63) is 59.7 Å². The van der Waals surface area contributed by atoms with Crippen LogP contribution in [0.4, 0.5) is 14.5 Å². The molecule has 0 saturated heterocycles. The summed E-state index contributed by atoms with van der Waals surface area (Å²) in [7, 11) is 0. The van der Waals surface area contributed by atoms with Crippen LogP contribution in [0.2, 0.25) is 0 Å². The van der Waals surface area contributed by atoms with E-state index in [9.17, 15) is 13.6 Å². The lowest BCUT2D eigenvalue weighted by Gasteiger charge is -2.09. The number of rotatable bonds is 5. The van der Waals surface area contributed by atoms with Gasteiger partial charge in [0.2, 0.25) is 0 Å². The molecule has 0 radical (unpaired) electrons. The molecule has 1 N–H and O–H groups in total. The number of carbonyl (C=O) groups excluding carboxylic acids is 1. The van der Waals surface area contributed by atoms with E-state index >= 15 is 0 Å². The second-order valence-corrected chi connectivity index (χ2v) is 4.42. The van der Waals surface area contributed by atoms with E-state index in [1.807, 2.05) is 12.1 Å². The first kappa shape index (κ1) is 15.3. The van der Waals surface area contributed by atoms with Gasteiger partial charge in [0.15, 0.2) is 0 Å². The number of halogens is 3. The van der Waals surface area contributed by atoms with Crippen LogP contribution in [-0.4, -0.2) is 12.5 Å². The van der Waals surface area contributed by atoms with E-state index in [0.29, 0.717) is 11.3 Å². The minimum absolute atomic E-state index is 0.00251. The fourth-order valence-corrected chi connectivity index (χ4v) is 1.97. The van der Waals surface area contributed by atoms with Gasteiger partial charge in [0.25, 0.3) is 5.91 Å². The van der Waals surface area contributed by atoms with Crippen LogP contribution in [0.15, 0.2) is 48.5 Å². The summed E-state index contributed by atoms with van der Waals surface area (Å²) in [6, 6.07) is 12.6. The molecule has 0 fully saturated rings. The van der Waals surface area contributed by atoms with Gasteiger partial charge in [-0.1, -0.05) is 18.2 Å². The molecule has 0 aromatic heterocycles. The maximum Gasteiger partial charge on any atom is 0.387 e. The maximum absolute atomic E-state index is 12.1. The van der Waals surface area contributed by atoms with Gasteiger partial charge in [0.1, 0.15) is 5.75 Å². The van der Waals surface area contributed by atoms with Crippen molar-refractivity contribution < 1.29 is 18.3 Å². The van der Waals surface area contributed by atoms with Gasteiger partial charge in [-0.05, 0) is 35.9 Å².